The van der Waals surface area contributed by atoms with Gasteiger partial charge in [-0.15, -0.1) is 0 Å². The van der Waals surface area contributed by atoms with E-state index in [-0.39, 0.29) is 11.4 Å². The van der Waals surface area contributed by atoms with Crippen molar-refractivity contribution in [3.63, 3.8) is 0 Å². The lowest BCUT2D eigenvalue weighted by Gasteiger charge is -2.12. The van der Waals surface area contributed by atoms with E-state index in [1.54, 1.807) is 31.2 Å². The highest BCUT2D eigenvalue weighted by Gasteiger charge is 2.18. The fourth-order valence-electron chi connectivity index (χ4n) is 3.14. The van der Waals surface area contributed by atoms with Crippen LogP contribution in [-0.4, -0.2) is 32.4 Å². The number of anilines is 1. The van der Waals surface area contributed by atoms with Crippen LogP contribution in [0.4, 0.5) is 5.82 Å². The monoisotopic (exact) mass is 364 g/mol. The molecule has 2 heterocycles. The van der Waals surface area contributed by atoms with Crippen molar-refractivity contribution < 1.29 is 14.6 Å². The van der Waals surface area contributed by atoms with Crippen LogP contribution in [0.1, 0.15) is 5.56 Å². The van der Waals surface area contributed by atoms with Crippen molar-refractivity contribution in [1.82, 2.24) is 14.8 Å². The largest absolute Gasteiger partial charge is 0.482 e. The Kier molecular flexibility index (Phi) is 3.80. The average Bonchev–Trinajstić information content (AvgIpc) is 2.99. The second-order valence-corrected chi connectivity index (χ2v) is 6.10. The van der Waals surface area contributed by atoms with Crippen molar-refractivity contribution >= 4 is 33.6 Å². The van der Waals surface area contributed by atoms with Gasteiger partial charge in [-0.25, -0.2) is 9.48 Å². The zero-order valence-electron chi connectivity index (χ0n) is 14.4. The summed E-state index contributed by atoms with van der Waals surface area (Å²) in [5.41, 5.74) is 8.38. The van der Waals surface area contributed by atoms with Crippen LogP contribution in [0.3, 0.4) is 0 Å². The van der Waals surface area contributed by atoms with Crippen LogP contribution in [0.25, 0.3) is 27.5 Å². The highest BCUT2D eigenvalue weighted by atomic mass is 16.5. The molecule has 8 heteroatoms. The highest BCUT2D eigenvalue weighted by molar-refractivity contribution is 6.06. The quantitative estimate of drug-likeness (QED) is 0.510. The third kappa shape index (κ3) is 2.67. The SMILES string of the molecule is Cc1c(OCC(=O)O)cccc1-n1nc2c(c1N)c(=O)[nH]c1ccccc12. The molecule has 0 amide bonds. The molecule has 2 aromatic heterocycles. The summed E-state index contributed by atoms with van der Waals surface area (Å²) in [5.74, 6) is -0.453. The van der Waals surface area contributed by atoms with Crippen molar-refractivity contribution in [3.05, 3.63) is 58.4 Å². The molecule has 0 spiro atoms. The summed E-state index contributed by atoms with van der Waals surface area (Å²) in [5, 5.41) is 14.5. The van der Waals surface area contributed by atoms with E-state index in [2.05, 4.69) is 10.1 Å². The van der Waals surface area contributed by atoms with Crippen LogP contribution in [0.2, 0.25) is 0 Å². The number of carboxylic acid groups (broad SMARTS) is 1. The second kappa shape index (κ2) is 6.17. The molecule has 4 rings (SSSR count). The predicted octanol–water partition coefficient (Wildman–Crippen LogP) is 2.22. The van der Waals surface area contributed by atoms with Crippen molar-refractivity contribution in [2.45, 2.75) is 6.92 Å². The van der Waals surface area contributed by atoms with Gasteiger partial charge >= 0.3 is 5.97 Å². The van der Waals surface area contributed by atoms with Crippen molar-refractivity contribution in [2.24, 2.45) is 0 Å². The minimum atomic E-state index is -1.07. The molecule has 27 heavy (non-hydrogen) atoms. The first-order valence-corrected chi connectivity index (χ1v) is 8.21. The molecule has 136 valence electrons. The number of carbonyl (C=O) groups is 1. The number of nitrogen functional groups attached to an aromatic ring is 1. The van der Waals surface area contributed by atoms with Crippen LogP contribution < -0.4 is 16.0 Å². The van der Waals surface area contributed by atoms with Crippen LogP contribution >= 0.6 is 0 Å². The van der Waals surface area contributed by atoms with Crippen LogP contribution in [0.15, 0.2) is 47.3 Å². The number of para-hydroxylation sites is 1. The number of aliphatic carboxylic acids is 1. The lowest BCUT2D eigenvalue weighted by Crippen LogP contribution is -2.11. The molecule has 0 aliphatic carbocycles. The van der Waals surface area contributed by atoms with Gasteiger partial charge in [0.05, 0.1) is 11.2 Å². The first kappa shape index (κ1) is 16.6. The number of hydrogen-bond donors (Lipinski definition) is 3. The minimum Gasteiger partial charge on any atom is -0.482 e. The smallest absolute Gasteiger partial charge is 0.341 e. The number of benzene rings is 2. The molecule has 2 aromatic carbocycles. The van der Waals surface area contributed by atoms with Gasteiger partial charge in [0.2, 0.25) is 0 Å². The molecule has 0 aliphatic heterocycles. The third-order valence-electron chi connectivity index (χ3n) is 4.41. The number of nitrogens with zero attached hydrogens (tertiary/aromatic N) is 2. The first-order chi connectivity index (χ1) is 13.0. The molecule has 4 N–H and O–H groups in total. The fraction of sp³-hybridized carbons (Fsp3) is 0.105. The number of aromatic amines is 1. The van der Waals surface area contributed by atoms with Gasteiger partial charge in [-0.05, 0) is 25.1 Å². The van der Waals surface area contributed by atoms with Gasteiger partial charge in [0.25, 0.3) is 5.56 Å². The molecule has 0 atom stereocenters. The average molecular weight is 364 g/mol. The number of carboxylic acids is 1. The summed E-state index contributed by atoms with van der Waals surface area (Å²) in [4.78, 5) is 26.1. The lowest BCUT2D eigenvalue weighted by atomic mass is 10.1. The molecule has 0 aliphatic rings. The van der Waals surface area contributed by atoms with Crippen LogP contribution in [0.5, 0.6) is 5.75 Å². The Hall–Kier alpha value is -3.81. The van der Waals surface area contributed by atoms with E-state index < -0.39 is 12.6 Å². The molecule has 0 unspecified atom stereocenters. The van der Waals surface area contributed by atoms with E-state index in [0.29, 0.717) is 33.4 Å². The van der Waals surface area contributed by atoms with E-state index in [1.807, 2.05) is 18.2 Å². The zero-order valence-corrected chi connectivity index (χ0v) is 14.4. The molecular formula is C19H16N4O4. The molecule has 0 radical (unpaired) electrons. The normalized spacial score (nSPS) is 11.1. The Balaban J connectivity index is 1.95. The number of hydrogen-bond acceptors (Lipinski definition) is 5. The molecule has 8 nitrogen and oxygen atoms in total. The predicted molar refractivity (Wildman–Crippen MR) is 101 cm³/mol. The fourth-order valence-corrected chi connectivity index (χ4v) is 3.14. The number of H-pyrrole nitrogens is 1. The maximum atomic E-state index is 12.5. The molecular weight excluding hydrogens is 348 g/mol. The van der Waals surface area contributed by atoms with Gasteiger partial charge in [-0.3, -0.25) is 4.79 Å². The van der Waals surface area contributed by atoms with Crippen molar-refractivity contribution in [2.75, 3.05) is 12.3 Å². The topological polar surface area (TPSA) is 123 Å². The van der Waals surface area contributed by atoms with Crippen LogP contribution in [0, 0.1) is 6.92 Å². The summed E-state index contributed by atoms with van der Waals surface area (Å²) in [7, 11) is 0. The number of fused-ring (bicyclic) bond motifs is 3. The van der Waals surface area contributed by atoms with E-state index in [0.717, 1.165) is 5.39 Å². The third-order valence-corrected chi connectivity index (χ3v) is 4.41. The van der Waals surface area contributed by atoms with Gasteiger partial charge in [-0.2, -0.15) is 5.10 Å². The number of ether oxygens (including phenoxy) is 1. The summed E-state index contributed by atoms with van der Waals surface area (Å²) < 4.78 is 6.80. The Morgan fingerprint density at radius 1 is 1.26 bits per heavy atom. The van der Waals surface area contributed by atoms with E-state index in [4.69, 9.17) is 15.6 Å². The zero-order chi connectivity index (χ0) is 19.1. The molecule has 0 fully saturated rings. The Morgan fingerprint density at radius 2 is 2.04 bits per heavy atom. The maximum Gasteiger partial charge on any atom is 0.341 e. The second-order valence-electron chi connectivity index (χ2n) is 6.10. The van der Waals surface area contributed by atoms with Crippen molar-refractivity contribution in [3.8, 4) is 11.4 Å². The van der Waals surface area contributed by atoms with Gasteiger partial charge in [0, 0.05) is 10.9 Å². The molecule has 4 aromatic rings. The van der Waals surface area contributed by atoms with E-state index in [1.165, 1.54) is 4.68 Å². The number of nitrogens with one attached hydrogen (secondary N) is 1. The summed E-state index contributed by atoms with van der Waals surface area (Å²) in [6.07, 6.45) is 0. The number of pyridine rings is 1. The Morgan fingerprint density at radius 3 is 2.81 bits per heavy atom. The van der Waals surface area contributed by atoms with Gasteiger partial charge < -0.3 is 20.6 Å². The lowest BCUT2D eigenvalue weighted by molar-refractivity contribution is -0.139. The van der Waals surface area contributed by atoms with E-state index in [9.17, 15) is 9.59 Å². The standard InChI is InChI=1S/C19H16N4O4/c1-10-13(7-4-8-14(10)27-9-15(24)25)23-18(20)16-17(22-23)11-5-2-3-6-12(11)21-19(16)26/h2-8H,9,20H2,1H3,(H,21,26)(H,24,25). The highest BCUT2D eigenvalue weighted by Crippen LogP contribution is 2.30. The van der Waals surface area contributed by atoms with E-state index >= 15 is 0 Å². The number of nitrogens with two attached hydrogens (primary N) is 1. The molecule has 0 saturated carbocycles. The summed E-state index contributed by atoms with van der Waals surface area (Å²) in [6, 6.07) is 12.5. The first-order valence-electron chi connectivity index (χ1n) is 8.21. The van der Waals surface area contributed by atoms with Crippen molar-refractivity contribution in [1.29, 1.82) is 0 Å². The van der Waals surface area contributed by atoms with Crippen LogP contribution in [-0.2, 0) is 4.79 Å². The Labute approximate surface area is 152 Å². The number of aromatic nitrogens is 3. The van der Waals surface area contributed by atoms with Gasteiger partial charge in [0.1, 0.15) is 22.5 Å². The van der Waals surface area contributed by atoms with Gasteiger partial charge in [0.15, 0.2) is 6.61 Å². The summed E-state index contributed by atoms with van der Waals surface area (Å²) >= 11 is 0. The maximum absolute atomic E-state index is 12.5. The minimum absolute atomic E-state index is 0.204. The molecule has 0 saturated heterocycles. The Bertz CT molecular complexity index is 1260. The number of rotatable bonds is 4. The van der Waals surface area contributed by atoms with Gasteiger partial charge in [-0.1, -0.05) is 24.3 Å². The molecule has 0 bridgehead atoms. The summed E-state index contributed by atoms with van der Waals surface area (Å²) in [6.45, 7) is 1.33.